The molecule has 0 spiro atoms. The molecule has 1 aromatic carbocycles. The molecule has 10 heteroatoms. The van der Waals surface area contributed by atoms with Crippen molar-refractivity contribution in [3.8, 4) is 5.69 Å². The molecule has 2 aliphatic rings. The fraction of sp³-hybridized carbons (Fsp3) is 0.455. The third-order valence-electron chi connectivity index (χ3n) is 5.87. The van der Waals surface area contributed by atoms with E-state index in [1.54, 1.807) is 13.8 Å². The molecular weight excluding hydrogens is 430 g/mol. The van der Waals surface area contributed by atoms with Gasteiger partial charge in [-0.3, -0.25) is 9.59 Å². The number of halogens is 4. The van der Waals surface area contributed by atoms with Gasteiger partial charge in [-0.25, -0.2) is 4.39 Å². The van der Waals surface area contributed by atoms with Gasteiger partial charge in [-0.05, 0) is 30.4 Å². The highest BCUT2D eigenvalue weighted by molar-refractivity contribution is 6.01. The Balaban J connectivity index is 1.91. The maximum atomic E-state index is 14.9. The van der Waals surface area contributed by atoms with Crippen LogP contribution in [-0.4, -0.2) is 35.5 Å². The summed E-state index contributed by atoms with van der Waals surface area (Å²) in [4.78, 5) is 24.5. The summed E-state index contributed by atoms with van der Waals surface area (Å²) in [5, 5.41) is 3.02. The summed E-state index contributed by atoms with van der Waals surface area (Å²) in [6.45, 7) is 4.41. The van der Waals surface area contributed by atoms with Gasteiger partial charge in [0, 0.05) is 24.9 Å². The summed E-state index contributed by atoms with van der Waals surface area (Å²) >= 11 is 0. The molecule has 2 heterocycles. The van der Waals surface area contributed by atoms with Gasteiger partial charge in [-0.2, -0.15) is 13.2 Å². The molecule has 1 aliphatic heterocycles. The van der Waals surface area contributed by atoms with Gasteiger partial charge in [0.05, 0.1) is 40.7 Å². The van der Waals surface area contributed by atoms with Crippen molar-refractivity contribution in [2.45, 2.75) is 45.3 Å². The van der Waals surface area contributed by atoms with E-state index in [0.717, 1.165) is 12.3 Å². The zero-order valence-corrected chi connectivity index (χ0v) is 17.6. The number of Topliss-reactive ketones (excluding diaryl/α,β-unsaturated/α-hetero) is 1. The molecule has 1 saturated heterocycles. The number of carbonyl (C=O) groups is 2. The molecular formula is C22H23F4N3O3. The van der Waals surface area contributed by atoms with E-state index in [4.69, 9.17) is 10.5 Å². The van der Waals surface area contributed by atoms with Crippen LogP contribution in [0.3, 0.4) is 0 Å². The van der Waals surface area contributed by atoms with Crippen LogP contribution in [0.25, 0.3) is 5.69 Å². The number of anilines is 1. The second-order valence-electron chi connectivity index (χ2n) is 9.09. The number of nitrogens with one attached hydrogen (secondary N) is 1. The SMILES string of the molecule is CC1(C)CC(=O)c2c(C(F)(F)F)cn(-c3cc(F)c(C(N)=O)c(N[C@H]4CCOC4)c3)c2C1. The molecule has 0 saturated carbocycles. The fourth-order valence-electron chi connectivity index (χ4n) is 4.48. The molecule has 0 unspecified atom stereocenters. The molecule has 6 nitrogen and oxygen atoms in total. The number of hydrogen-bond donors (Lipinski definition) is 2. The minimum Gasteiger partial charge on any atom is -0.379 e. The van der Waals surface area contributed by atoms with Gasteiger partial charge in [0.2, 0.25) is 0 Å². The molecule has 32 heavy (non-hydrogen) atoms. The minimum atomic E-state index is -4.75. The van der Waals surface area contributed by atoms with Crippen LogP contribution in [0.2, 0.25) is 0 Å². The molecule has 1 atom stereocenters. The molecule has 1 aliphatic carbocycles. The van der Waals surface area contributed by atoms with Crippen molar-refractivity contribution in [2.75, 3.05) is 18.5 Å². The molecule has 0 radical (unpaired) electrons. The van der Waals surface area contributed by atoms with E-state index in [9.17, 15) is 27.2 Å². The lowest BCUT2D eigenvalue weighted by molar-refractivity contribution is -0.137. The zero-order chi connectivity index (χ0) is 23.4. The number of nitrogens with zero attached hydrogens (tertiary/aromatic N) is 1. The lowest BCUT2D eigenvalue weighted by atomic mass is 9.75. The lowest BCUT2D eigenvalue weighted by Gasteiger charge is -2.30. The predicted octanol–water partition coefficient (Wildman–Crippen LogP) is 4.09. The minimum absolute atomic E-state index is 0.0173. The van der Waals surface area contributed by atoms with Crippen molar-refractivity contribution < 1.29 is 31.9 Å². The number of alkyl halides is 3. The van der Waals surface area contributed by atoms with Crippen molar-refractivity contribution in [1.29, 1.82) is 0 Å². The van der Waals surface area contributed by atoms with Gasteiger partial charge in [0.25, 0.3) is 5.91 Å². The highest BCUT2D eigenvalue weighted by atomic mass is 19.4. The van der Waals surface area contributed by atoms with Gasteiger partial charge in [0.1, 0.15) is 5.82 Å². The molecule has 1 amide bonds. The molecule has 0 bridgehead atoms. The van der Waals surface area contributed by atoms with Crippen LogP contribution in [0.4, 0.5) is 23.2 Å². The van der Waals surface area contributed by atoms with E-state index in [1.807, 2.05) is 0 Å². The van der Waals surface area contributed by atoms with Crippen LogP contribution in [0.5, 0.6) is 0 Å². The maximum Gasteiger partial charge on any atom is 0.418 e. The third-order valence-corrected chi connectivity index (χ3v) is 5.87. The average Bonchev–Trinajstić information content (AvgIpc) is 3.27. The van der Waals surface area contributed by atoms with Crippen LogP contribution in [-0.2, 0) is 17.3 Å². The lowest BCUT2D eigenvalue weighted by Crippen LogP contribution is -2.29. The highest BCUT2D eigenvalue weighted by Gasteiger charge is 2.43. The standard InChI is InChI=1S/C22H23F4N3O3/c1-21(2)7-16-18(17(30)8-21)13(22(24,25)26)9-29(16)12-5-14(23)19(20(27)31)15(6-12)28-11-3-4-32-10-11/h5-6,9,11,28H,3-4,7-8,10H2,1-2H3,(H2,27,31)/t11-/m0/s1. The van der Waals surface area contributed by atoms with Crippen molar-refractivity contribution in [3.05, 3.63) is 46.5 Å². The number of rotatable bonds is 4. The van der Waals surface area contributed by atoms with E-state index >= 15 is 0 Å². The number of nitrogens with two attached hydrogens (primary N) is 1. The maximum absolute atomic E-state index is 14.9. The molecule has 172 valence electrons. The van der Waals surface area contributed by atoms with Crippen LogP contribution in [0.15, 0.2) is 18.3 Å². The summed E-state index contributed by atoms with van der Waals surface area (Å²) in [5.74, 6) is -2.57. The summed E-state index contributed by atoms with van der Waals surface area (Å²) < 4.78 is 62.7. The smallest absolute Gasteiger partial charge is 0.379 e. The van der Waals surface area contributed by atoms with Crippen molar-refractivity contribution >= 4 is 17.4 Å². The van der Waals surface area contributed by atoms with E-state index < -0.39 is 34.7 Å². The Morgan fingerprint density at radius 1 is 1.28 bits per heavy atom. The van der Waals surface area contributed by atoms with E-state index in [2.05, 4.69) is 5.32 Å². The van der Waals surface area contributed by atoms with Gasteiger partial charge < -0.3 is 20.4 Å². The monoisotopic (exact) mass is 453 g/mol. The van der Waals surface area contributed by atoms with Crippen LogP contribution in [0.1, 0.15) is 58.7 Å². The zero-order valence-electron chi connectivity index (χ0n) is 17.6. The van der Waals surface area contributed by atoms with Gasteiger partial charge >= 0.3 is 6.18 Å². The first-order valence-corrected chi connectivity index (χ1v) is 10.2. The summed E-state index contributed by atoms with van der Waals surface area (Å²) in [5.41, 5.74) is 3.28. The number of aromatic nitrogens is 1. The number of ketones is 1. The summed E-state index contributed by atoms with van der Waals surface area (Å²) in [6, 6.07) is 2.14. The number of ether oxygens (including phenoxy) is 1. The molecule has 1 aromatic heterocycles. The summed E-state index contributed by atoms with van der Waals surface area (Å²) in [7, 11) is 0. The average molecular weight is 453 g/mol. The second kappa shape index (κ2) is 7.61. The van der Waals surface area contributed by atoms with Crippen LogP contribution >= 0.6 is 0 Å². The number of fused-ring (bicyclic) bond motifs is 1. The first-order chi connectivity index (χ1) is 14.9. The van der Waals surface area contributed by atoms with Crippen LogP contribution < -0.4 is 11.1 Å². The normalized spacial score (nSPS) is 20.3. The van der Waals surface area contributed by atoms with Gasteiger partial charge in [-0.15, -0.1) is 0 Å². The van der Waals surface area contributed by atoms with Crippen LogP contribution in [0, 0.1) is 11.2 Å². The number of benzene rings is 1. The first kappa shape index (κ1) is 22.3. The highest BCUT2D eigenvalue weighted by Crippen LogP contribution is 2.43. The topological polar surface area (TPSA) is 86.4 Å². The predicted molar refractivity (Wildman–Crippen MR) is 109 cm³/mol. The Labute approximate surface area is 181 Å². The largest absolute Gasteiger partial charge is 0.418 e. The number of carbonyl (C=O) groups excluding carboxylic acids is 2. The van der Waals surface area contributed by atoms with Gasteiger partial charge in [-0.1, -0.05) is 13.8 Å². The Bertz CT molecular complexity index is 1100. The molecule has 2 aromatic rings. The number of primary amides is 1. The molecule has 4 rings (SSSR count). The number of amides is 1. The van der Waals surface area contributed by atoms with Gasteiger partial charge in [0.15, 0.2) is 5.78 Å². The molecule has 1 fully saturated rings. The van der Waals surface area contributed by atoms with E-state index in [-0.39, 0.29) is 47.1 Å². The Morgan fingerprint density at radius 3 is 2.59 bits per heavy atom. The first-order valence-electron chi connectivity index (χ1n) is 10.2. The number of hydrogen-bond acceptors (Lipinski definition) is 4. The Morgan fingerprint density at radius 2 is 2.00 bits per heavy atom. The Kier molecular flexibility index (Phi) is 5.31. The summed E-state index contributed by atoms with van der Waals surface area (Å²) in [6.07, 6.45) is -3.13. The van der Waals surface area contributed by atoms with Crippen molar-refractivity contribution in [2.24, 2.45) is 11.1 Å². The van der Waals surface area contributed by atoms with Crippen molar-refractivity contribution in [1.82, 2.24) is 4.57 Å². The van der Waals surface area contributed by atoms with E-state index in [0.29, 0.717) is 19.6 Å². The Hall–Kier alpha value is -2.88. The van der Waals surface area contributed by atoms with Crippen molar-refractivity contribution in [3.63, 3.8) is 0 Å². The second-order valence-corrected chi connectivity index (χ2v) is 9.09. The fourth-order valence-corrected chi connectivity index (χ4v) is 4.48. The quantitative estimate of drug-likeness (QED) is 0.683. The third kappa shape index (κ3) is 3.99. The van der Waals surface area contributed by atoms with E-state index in [1.165, 1.54) is 10.6 Å². The molecule has 3 N–H and O–H groups in total.